The van der Waals surface area contributed by atoms with Crippen LogP contribution in [0.2, 0.25) is 0 Å². The molecule has 0 saturated carbocycles. The fourth-order valence-corrected chi connectivity index (χ4v) is 4.15. The monoisotopic (exact) mass is 515 g/mol. The standard InChI is InChI=1S/C24H29N5O6S/c1-7-29-23(15-8-9-17(31-2)19(10-15)33-4)27-28-24(29)36-14-22(30)26-25-13-16-11-20(34-5)21(35-6)12-18(16)32-3/h8-13H,7,14H2,1-6H3,(H,26,30). The van der Waals surface area contributed by atoms with Crippen LogP contribution in [0.5, 0.6) is 28.7 Å². The van der Waals surface area contributed by atoms with Crippen LogP contribution in [0.3, 0.4) is 0 Å². The van der Waals surface area contributed by atoms with Crippen LogP contribution in [-0.4, -0.2) is 68.2 Å². The van der Waals surface area contributed by atoms with E-state index in [0.29, 0.717) is 51.8 Å². The van der Waals surface area contributed by atoms with E-state index in [4.69, 9.17) is 23.7 Å². The number of nitrogens with one attached hydrogen (secondary N) is 1. The molecule has 12 heteroatoms. The first kappa shape index (κ1) is 26.7. The molecule has 0 aliphatic rings. The minimum atomic E-state index is -0.297. The Hall–Kier alpha value is -3.93. The molecule has 192 valence electrons. The Morgan fingerprint density at radius 1 is 0.917 bits per heavy atom. The van der Waals surface area contributed by atoms with Crippen molar-refractivity contribution in [3.05, 3.63) is 35.9 Å². The van der Waals surface area contributed by atoms with E-state index in [-0.39, 0.29) is 11.7 Å². The highest BCUT2D eigenvalue weighted by Crippen LogP contribution is 2.34. The largest absolute Gasteiger partial charge is 0.496 e. The van der Waals surface area contributed by atoms with Crippen LogP contribution in [0.25, 0.3) is 11.4 Å². The van der Waals surface area contributed by atoms with E-state index >= 15 is 0 Å². The molecule has 0 fully saturated rings. The molecule has 0 atom stereocenters. The maximum Gasteiger partial charge on any atom is 0.250 e. The highest BCUT2D eigenvalue weighted by Gasteiger charge is 2.16. The van der Waals surface area contributed by atoms with Gasteiger partial charge in [0.1, 0.15) is 5.75 Å². The molecule has 2 aromatic carbocycles. The lowest BCUT2D eigenvalue weighted by molar-refractivity contribution is -0.118. The molecule has 1 N–H and O–H groups in total. The Bertz CT molecular complexity index is 1230. The second-order valence-corrected chi connectivity index (χ2v) is 8.09. The Kier molecular flexibility index (Phi) is 9.39. The van der Waals surface area contributed by atoms with Gasteiger partial charge in [-0.05, 0) is 31.2 Å². The van der Waals surface area contributed by atoms with Crippen molar-refractivity contribution in [1.29, 1.82) is 0 Å². The predicted octanol–water partition coefficient (Wildman–Crippen LogP) is 3.25. The van der Waals surface area contributed by atoms with Crippen molar-refractivity contribution in [2.24, 2.45) is 5.10 Å². The van der Waals surface area contributed by atoms with Gasteiger partial charge in [0.15, 0.2) is 34.0 Å². The van der Waals surface area contributed by atoms with Crippen molar-refractivity contribution >= 4 is 23.9 Å². The summed E-state index contributed by atoms with van der Waals surface area (Å²) in [4.78, 5) is 12.4. The summed E-state index contributed by atoms with van der Waals surface area (Å²) in [6, 6.07) is 8.94. The quantitative estimate of drug-likeness (QED) is 0.220. The number of hydrogen-bond donors (Lipinski definition) is 1. The SMILES string of the molecule is CCn1c(SCC(=O)NN=Cc2cc(OC)c(OC)cc2OC)nnc1-c1ccc(OC)c(OC)c1. The van der Waals surface area contributed by atoms with Crippen LogP contribution in [-0.2, 0) is 11.3 Å². The number of hydrogen-bond acceptors (Lipinski definition) is 10. The second kappa shape index (κ2) is 12.7. The minimum absolute atomic E-state index is 0.102. The van der Waals surface area contributed by atoms with Crippen LogP contribution in [0.1, 0.15) is 12.5 Å². The molecule has 1 heterocycles. The van der Waals surface area contributed by atoms with E-state index in [2.05, 4.69) is 20.7 Å². The molecule has 1 amide bonds. The van der Waals surface area contributed by atoms with Gasteiger partial charge in [0.05, 0.1) is 47.5 Å². The van der Waals surface area contributed by atoms with Crippen LogP contribution >= 0.6 is 11.8 Å². The van der Waals surface area contributed by atoms with E-state index in [1.165, 1.54) is 32.2 Å². The number of carbonyl (C=O) groups is 1. The zero-order chi connectivity index (χ0) is 26.1. The fraction of sp³-hybridized carbons (Fsp3) is 0.333. The van der Waals surface area contributed by atoms with Gasteiger partial charge in [0.25, 0.3) is 5.91 Å². The van der Waals surface area contributed by atoms with Crippen molar-refractivity contribution in [2.45, 2.75) is 18.6 Å². The highest BCUT2D eigenvalue weighted by atomic mass is 32.2. The lowest BCUT2D eigenvalue weighted by Crippen LogP contribution is -2.20. The van der Waals surface area contributed by atoms with Gasteiger partial charge < -0.3 is 28.3 Å². The molecule has 0 aliphatic heterocycles. The normalized spacial score (nSPS) is 10.8. The Morgan fingerprint density at radius 2 is 1.56 bits per heavy atom. The summed E-state index contributed by atoms with van der Waals surface area (Å²) >= 11 is 1.26. The summed E-state index contributed by atoms with van der Waals surface area (Å²) in [7, 11) is 7.78. The molecule has 3 aromatic rings. The van der Waals surface area contributed by atoms with Gasteiger partial charge in [-0.1, -0.05) is 11.8 Å². The van der Waals surface area contributed by atoms with E-state index < -0.39 is 0 Å². The number of aromatic nitrogens is 3. The predicted molar refractivity (Wildman–Crippen MR) is 137 cm³/mol. The van der Waals surface area contributed by atoms with Gasteiger partial charge in [0, 0.05) is 23.7 Å². The lowest BCUT2D eigenvalue weighted by Gasteiger charge is -2.11. The first-order valence-corrected chi connectivity index (χ1v) is 11.9. The third-order valence-electron chi connectivity index (χ3n) is 5.14. The summed E-state index contributed by atoms with van der Waals surface area (Å²) in [6.07, 6.45) is 1.48. The molecule has 0 aliphatic carbocycles. The van der Waals surface area contributed by atoms with E-state index in [9.17, 15) is 4.79 Å². The van der Waals surface area contributed by atoms with E-state index in [1.54, 1.807) is 33.5 Å². The Labute approximate surface area is 213 Å². The number of ether oxygens (including phenoxy) is 5. The van der Waals surface area contributed by atoms with Crippen molar-refractivity contribution < 1.29 is 28.5 Å². The molecule has 0 bridgehead atoms. The summed E-state index contributed by atoms with van der Waals surface area (Å²) in [5.41, 5.74) is 3.96. The van der Waals surface area contributed by atoms with Gasteiger partial charge in [-0.2, -0.15) is 5.10 Å². The van der Waals surface area contributed by atoms with E-state index in [0.717, 1.165) is 5.56 Å². The van der Waals surface area contributed by atoms with Crippen LogP contribution < -0.4 is 29.1 Å². The number of thioether (sulfide) groups is 1. The highest BCUT2D eigenvalue weighted by molar-refractivity contribution is 7.99. The third kappa shape index (κ3) is 6.00. The van der Waals surface area contributed by atoms with Crippen LogP contribution in [0, 0.1) is 0 Å². The number of rotatable bonds is 12. The smallest absolute Gasteiger partial charge is 0.250 e. The Morgan fingerprint density at radius 3 is 2.19 bits per heavy atom. The van der Waals surface area contributed by atoms with Crippen LogP contribution in [0.15, 0.2) is 40.6 Å². The van der Waals surface area contributed by atoms with Gasteiger partial charge in [-0.25, -0.2) is 5.43 Å². The first-order chi connectivity index (χ1) is 17.5. The molecule has 36 heavy (non-hydrogen) atoms. The molecular formula is C24H29N5O6S. The molecule has 0 radical (unpaired) electrons. The fourth-order valence-electron chi connectivity index (χ4n) is 3.36. The molecule has 11 nitrogen and oxygen atoms in total. The van der Waals surface area contributed by atoms with Crippen molar-refractivity contribution in [3.63, 3.8) is 0 Å². The zero-order valence-corrected chi connectivity index (χ0v) is 21.8. The number of amides is 1. The molecular weight excluding hydrogens is 486 g/mol. The second-order valence-electron chi connectivity index (χ2n) is 7.15. The average molecular weight is 516 g/mol. The minimum Gasteiger partial charge on any atom is -0.496 e. The van der Waals surface area contributed by atoms with Crippen molar-refractivity contribution in [2.75, 3.05) is 41.3 Å². The molecule has 0 unspecified atom stereocenters. The zero-order valence-electron chi connectivity index (χ0n) is 21.0. The number of carbonyl (C=O) groups excluding carboxylic acids is 1. The summed E-state index contributed by atoms with van der Waals surface area (Å²) < 4.78 is 28.6. The average Bonchev–Trinajstić information content (AvgIpc) is 3.33. The summed E-state index contributed by atoms with van der Waals surface area (Å²) in [6.45, 7) is 2.61. The van der Waals surface area contributed by atoms with Gasteiger partial charge in [-0.3, -0.25) is 4.79 Å². The molecule has 0 spiro atoms. The number of benzene rings is 2. The number of methoxy groups -OCH3 is 5. The molecule has 3 rings (SSSR count). The lowest BCUT2D eigenvalue weighted by atomic mass is 10.2. The maximum absolute atomic E-state index is 12.4. The molecule has 0 saturated heterocycles. The third-order valence-corrected chi connectivity index (χ3v) is 6.10. The van der Waals surface area contributed by atoms with Crippen molar-refractivity contribution in [1.82, 2.24) is 20.2 Å². The topological polar surface area (TPSA) is 118 Å². The molecule has 1 aromatic heterocycles. The maximum atomic E-state index is 12.4. The summed E-state index contributed by atoms with van der Waals surface area (Å²) in [5.74, 6) is 3.27. The van der Waals surface area contributed by atoms with Crippen molar-refractivity contribution in [3.8, 4) is 40.1 Å². The Balaban J connectivity index is 1.67. The number of nitrogens with zero attached hydrogens (tertiary/aromatic N) is 4. The van der Waals surface area contributed by atoms with Crippen LogP contribution in [0.4, 0.5) is 0 Å². The van der Waals surface area contributed by atoms with E-state index in [1.807, 2.05) is 29.7 Å². The van der Waals surface area contributed by atoms with Gasteiger partial charge >= 0.3 is 0 Å². The first-order valence-electron chi connectivity index (χ1n) is 10.9. The number of hydrazone groups is 1. The summed E-state index contributed by atoms with van der Waals surface area (Å²) in [5, 5.41) is 13.2. The van der Waals surface area contributed by atoms with Gasteiger partial charge in [-0.15, -0.1) is 10.2 Å². The van der Waals surface area contributed by atoms with Gasteiger partial charge in [0.2, 0.25) is 0 Å².